The van der Waals surface area contributed by atoms with Crippen molar-refractivity contribution in [3.05, 3.63) is 77.4 Å². The Morgan fingerprint density at radius 1 is 1.12 bits per heavy atom. The fourth-order valence-electron chi connectivity index (χ4n) is 3.62. The molecule has 0 saturated carbocycles. The van der Waals surface area contributed by atoms with Crippen molar-refractivity contribution in [2.45, 2.75) is 26.4 Å². The summed E-state index contributed by atoms with van der Waals surface area (Å²) in [5.41, 5.74) is 0.925. The SMILES string of the molecule is CC[C@@H](C)Oc1ccc2ccccc2c1/C=C1\C(=O)NC(=S)N(c2ccc(C(=O)O)cc2)C1=O. The van der Waals surface area contributed by atoms with Crippen molar-refractivity contribution in [2.75, 3.05) is 4.90 Å². The number of nitrogens with one attached hydrogen (secondary N) is 1. The van der Waals surface area contributed by atoms with Crippen molar-refractivity contribution in [3.8, 4) is 5.75 Å². The van der Waals surface area contributed by atoms with Crippen LogP contribution >= 0.6 is 12.2 Å². The molecule has 0 bridgehead atoms. The highest BCUT2D eigenvalue weighted by molar-refractivity contribution is 7.80. The van der Waals surface area contributed by atoms with Crippen molar-refractivity contribution < 1.29 is 24.2 Å². The third-order valence-electron chi connectivity index (χ3n) is 5.60. The standard InChI is InChI=1S/C26H22N2O5S/c1-3-15(2)33-22-13-10-16-6-4-5-7-19(16)20(22)14-21-23(29)27-26(34)28(24(21)30)18-11-8-17(9-12-18)25(31)32/h4-15H,3H2,1-2H3,(H,31,32)(H,27,29,34)/b21-14+/t15-/m1/s1. The molecule has 172 valence electrons. The molecule has 34 heavy (non-hydrogen) atoms. The molecule has 1 aliphatic heterocycles. The molecule has 2 N–H and O–H groups in total. The van der Waals surface area contributed by atoms with Crippen LogP contribution in [0.5, 0.6) is 5.75 Å². The quantitative estimate of drug-likeness (QED) is 0.309. The molecule has 0 radical (unpaired) electrons. The fourth-order valence-corrected chi connectivity index (χ4v) is 3.90. The van der Waals surface area contributed by atoms with Crippen LogP contribution in [-0.4, -0.2) is 34.1 Å². The molecular formula is C26H22N2O5S. The molecule has 1 saturated heterocycles. The van der Waals surface area contributed by atoms with E-state index in [1.165, 1.54) is 35.2 Å². The first-order valence-electron chi connectivity index (χ1n) is 10.7. The van der Waals surface area contributed by atoms with Crippen LogP contribution in [0.2, 0.25) is 0 Å². The molecule has 0 aromatic heterocycles. The summed E-state index contributed by atoms with van der Waals surface area (Å²) in [5.74, 6) is -1.75. The van der Waals surface area contributed by atoms with Gasteiger partial charge in [0, 0.05) is 5.56 Å². The average molecular weight is 475 g/mol. The van der Waals surface area contributed by atoms with E-state index in [4.69, 9.17) is 22.1 Å². The number of carboxylic acids is 1. The number of hydrogen-bond acceptors (Lipinski definition) is 5. The second-order valence-electron chi connectivity index (χ2n) is 7.85. The van der Waals surface area contributed by atoms with Crippen molar-refractivity contribution in [1.82, 2.24) is 5.32 Å². The third-order valence-corrected chi connectivity index (χ3v) is 5.88. The molecule has 8 heteroatoms. The molecule has 0 unspecified atom stereocenters. The second kappa shape index (κ2) is 9.44. The fraction of sp³-hybridized carbons (Fsp3) is 0.154. The van der Waals surface area contributed by atoms with Gasteiger partial charge in [-0.3, -0.25) is 19.8 Å². The van der Waals surface area contributed by atoms with Gasteiger partial charge in [-0.25, -0.2) is 4.79 Å². The number of nitrogens with zero attached hydrogens (tertiary/aromatic N) is 1. The Balaban J connectivity index is 1.82. The van der Waals surface area contributed by atoms with Crippen LogP contribution in [0.3, 0.4) is 0 Å². The summed E-state index contributed by atoms with van der Waals surface area (Å²) in [4.78, 5) is 38.6. The Bertz CT molecular complexity index is 1350. The number of hydrogen-bond donors (Lipinski definition) is 2. The highest BCUT2D eigenvalue weighted by atomic mass is 32.1. The molecule has 1 aliphatic rings. The van der Waals surface area contributed by atoms with E-state index in [-0.39, 0.29) is 22.4 Å². The van der Waals surface area contributed by atoms with Crippen LogP contribution in [0.25, 0.3) is 16.8 Å². The van der Waals surface area contributed by atoms with E-state index in [9.17, 15) is 14.4 Å². The van der Waals surface area contributed by atoms with Gasteiger partial charge in [0.2, 0.25) is 0 Å². The number of ether oxygens (including phenoxy) is 1. The van der Waals surface area contributed by atoms with E-state index in [0.717, 1.165) is 17.2 Å². The molecular weight excluding hydrogens is 452 g/mol. The maximum Gasteiger partial charge on any atom is 0.335 e. The van der Waals surface area contributed by atoms with Gasteiger partial charge in [0.25, 0.3) is 11.8 Å². The summed E-state index contributed by atoms with van der Waals surface area (Å²) >= 11 is 5.25. The first-order valence-corrected chi connectivity index (χ1v) is 11.1. The van der Waals surface area contributed by atoms with Gasteiger partial charge in [0.15, 0.2) is 5.11 Å². The number of benzene rings is 3. The summed E-state index contributed by atoms with van der Waals surface area (Å²) in [6, 6.07) is 17.1. The molecule has 3 aromatic rings. The number of thiocarbonyl (C=S) groups is 1. The van der Waals surface area contributed by atoms with Crippen LogP contribution in [0, 0.1) is 0 Å². The second-order valence-corrected chi connectivity index (χ2v) is 8.23. The molecule has 0 aliphatic carbocycles. The molecule has 0 spiro atoms. The number of amides is 2. The lowest BCUT2D eigenvalue weighted by atomic mass is 9.99. The van der Waals surface area contributed by atoms with Gasteiger partial charge in [-0.1, -0.05) is 37.3 Å². The zero-order chi connectivity index (χ0) is 24.4. The predicted octanol–water partition coefficient (Wildman–Crippen LogP) is 4.55. The number of carbonyl (C=O) groups is 3. The van der Waals surface area contributed by atoms with E-state index in [0.29, 0.717) is 17.0 Å². The molecule has 7 nitrogen and oxygen atoms in total. The summed E-state index contributed by atoms with van der Waals surface area (Å²) in [6.07, 6.45) is 2.25. The molecule has 1 fully saturated rings. The van der Waals surface area contributed by atoms with Gasteiger partial charge in [-0.2, -0.15) is 0 Å². The number of carbonyl (C=O) groups excluding carboxylic acids is 2. The van der Waals surface area contributed by atoms with E-state index in [1.54, 1.807) is 0 Å². The first kappa shape index (κ1) is 23.1. The number of aromatic carboxylic acids is 1. The van der Waals surface area contributed by atoms with Gasteiger partial charge in [-0.15, -0.1) is 0 Å². The largest absolute Gasteiger partial charge is 0.490 e. The molecule has 2 amide bonds. The molecule has 1 heterocycles. The number of fused-ring (bicyclic) bond motifs is 1. The Labute approximate surface area is 201 Å². The van der Waals surface area contributed by atoms with Crippen LogP contribution < -0.4 is 15.0 Å². The Kier molecular flexibility index (Phi) is 6.43. The van der Waals surface area contributed by atoms with Gasteiger partial charge in [0.05, 0.1) is 17.4 Å². The maximum atomic E-state index is 13.4. The van der Waals surface area contributed by atoms with Crippen molar-refractivity contribution in [3.63, 3.8) is 0 Å². The number of anilines is 1. The van der Waals surface area contributed by atoms with Gasteiger partial charge >= 0.3 is 5.97 Å². The monoisotopic (exact) mass is 474 g/mol. The lowest BCUT2D eigenvalue weighted by Crippen LogP contribution is -2.54. The van der Waals surface area contributed by atoms with Crippen LogP contribution in [0.15, 0.2) is 66.2 Å². The summed E-state index contributed by atoms with van der Waals surface area (Å²) in [7, 11) is 0. The predicted molar refractivity (Wildman–Crippen MR) is 134 cm³/mol. The van der Waals surface area contributed by atoms with Gasteiger partial charge in [0.1, 0.15) is 11.3 Å². The topological polar surface area (TPSA) is 95.9 Å². The van der Waals surface area contributed by atoms with E-state index in [2.05, 4.69) is 5.32 Å². The minimum atomic E-state index is -1.09. The zero-order valence-electron chi connectivity index (χ0n) is 18.6. The van der Waals surface area contributed by atoms with E-state index >= 15 is 0 Å². The van der Waals surface area contributed by atoms with Gasteiger partial charge in [-0.05, 0) is 72.7 Å². The summed E-state index contributed by atoms with van der Waals surface area (Å²) < 4.78 is 6.10. The van der Waals surface area contributed by atoms with Crippen LogP contribution in [0.1, 0.15) is 36.2 Å². The first-order chi connectivity index (χ1) is 16.3. The lowest BCUT2D eigenvalue weighted by molar-refractivity contribution is -0.122. The van der Waals surface area contributed by atoms with Crippen molar-refractivity contribution in [2.24, 2.45) is 0 Å². The van der Waals surface area contributed by atoms with E-state index in [1.807, 2.05) is 50.2 Å². The highest BCUT2D eigenvalue weighted by Crippen LogP contribution is 2.32. The maximum absolute atomic E-state index is 13.4. The number of rotatable bonds is 6. The third kappa shape index (κ3) is 4.40. The molecule has 3 aromatic carbocycles. The van der Waals surface area contributed by atoms with E-state index < -0.39 is 17.8 Å². The minimum Gasteiger partial charge on any atom is -0.490 e. The Morgan fingerprint density at radius 2 is 1.82 bits per heavy atom. The van der Waals surface area contributed by atoms with Crippen molar-refractivity contribution >= 4 is 57.6 Å². The lowest BCUT2D eigenvalue weighted by Gasteiger charge is -2.29. The smallest absolute Gasteiger partial charge is 0.335 e. The van der Waals surface area contributed by atoms with Crippen LogP contribution in [0.4, 0.5) is 5.69 Å². The van der Waals surface area contributed by atoms with Gasteiger partial charge < -0.3 is 9.84 Å². The zero-order valence-corrected chi connectivity index (χ0v) is 19.4. The minimum absolute atomic E-state index is 0.0639. The molecule has 4 rings (SSSR count). The summed E-state index contributed by atoms with van der Waals surface area (Å²) in [6.45, 7) is 3.96. The van der Waals surface area contributed by atoms with Crippen LogP contribution in [-0.2, 0) is 9.59 Å². The Hall–Kier alpha value is -4.04. The Morgan fingerprint density at radius 3 is 2.50 bits per heavy atom. The average Bonchev–Trinajstić information content (AvgIpc) is 2.82. The molecule has 1 atom stereocenters. The van der Waals surface area contributed by atoms with Crippen molar-refractivity contribution in [1.29, 1.82) is 0 Å². The number of carboxylic acid groups (broad SMARTS) is 1. The highest BCUT2D eigenvalue weighted by Gasteiger charge is 2.35. The summed E-state index contributed by atoms with van der Waals surface area (Å²) in [5, 5.41) is 13.4. The normalized spacial score (nSPS) is 16.0.